The predicted octanol–water partition coefficient (Wildman–Crippen LogP) is 2.88. The lowest BCUT2D eigenvalue weighted by molar-refractivity contribution is -0.117. The highest BCUT2D eigenvalue weighted by Gasteiger charge is 2.17. The summed E-state index contributed by atoms with van der Waals surface area (Å²) in [6, 6.07) is 13.5. The van der Waals surface area contributed by atoms with E-state index in [9.17, 15) is 14.4 Å². The Morgan fingerprint density at radius 2 is 1.62 bits per heavy atom. The second kappa shape index (κ2) is 8.52. The highest BCUT2D eigenvalue weighted by Crippen LogP contribution is 2.29. The maximum atomic E-state index is 12.4. The Hall–Kier alpha value is -2.31. The summed E-state index contributed by atoms with van der Waals surface area (Å²) in [7, 11) is 0. The van der Waals surface area contributed by atoms with E-state index in [4.69, 9.17) is 17.3 Å². The van der Waals surface area contributed by atoms with Gasteiger partial charge in [0.2, 0.25) is 11.0 Å². The van der Waals surface area contributed by atoms with Gasteiger partial charge in [-0.3, -0.25) is 14.4 Å². The van der Waals surface area contributed by atoms with Crippen LogP contribution in [0.4, 0.5) is 0 Å². The van der Waals surface area contributed by atoms with Crippen molar-refractivity contribution in [3.05, 3.63) is 64.7 Å². The van der Waals surface area contributed by atoms with Crippen LogP contribution in [0.15, 0.2) is 53.4 Å². The van der Waals surface area contributed by atoms with Crippen molar-refractivity contribution in [1.29, 1.82) is 0 Å². The number of carbonyl (C=O) groups is 3. The molecular weight excluding hydrogens is 348 g/mol. The maximum Gasteiger partial charge on any atom is 0.252 e. The molecule has 2 rings (SSSR count). The van der Waals surface area contributed by atoms with E-state index in [1.165, 1.54) is 0 Å². The van der Waals surface area contributed by atoms with E-state index < -0.39 is 5.91 Å². The molecule has 3 N–H and O–H groups in total. The molecule has 7 heteroatoms. The Labute approximate surface area is 148 Å². The maximum absolute atomic E-state index is 12.4. The lowest BCUT2D eigenvalue weighted by atomic mass is 10.2. The van der Waals surface area contributed by atoms with E-state index in [2.05, 4.69) is 5.32 Å². The summed E-state index contributed by atoms with van der Waals surface area (Å²) >= 11 is 6.96. The van der Waals surface area contributed by atoms with Gasteiger partial charge in [0.25, 0.3) is 5.91 Å². The molecule has 0 saturated heterocycles. The Kier molecular flexibility index (Phi) is 6.40. The van der Waals surface area contributed by atoms with E-state index in [0.717, 1.165) is 11.8 Å². The number of primary amides is 1. The molecule has 24 heavy (non-hydrogen) atoms. The van der Waals surface area contributed by atoms with Gasteiger partial charge in [-0.1, -0.05) is 35.9 Å². The SMILES string of the molecule is NC(=O)CCNC(=O)c1ccccc1SC(=O)c1ccccc1Cl. The summed E-state index contributed by atoms with van der Waals surface area (Å²) in [5.74, 6) is -0.863. The molecule has 5 nitrogen and oxygen atoms in total. The lowest BCUT2D eigenvalue weighted by Crippen LogP contribution is -2.28. The zero-order chi connectivity index (χ0) is 17.5. The zero-order valence-electron chi connectivity index (χ0n) is 12.6. The third kappa shape index (κ3) is 4.84. The molecule has 2 amide bonds. The average molecular weight is 363 g/mol. The number of hydrogen-bond donors (Lipinski definition) is 2. The number of thioether (sulfide) groups is 1. The number of rotatable bonds is 6. The van der Waals surface area contributed by atoms with Crippen molar-refractivity contribution < 1.29 is 14.4 Å². The number of amides is 2. The Morgan fingerprint density at radius 3 is 2.29 bits per heavy atom. The first-order chi connectivity index (χ1) is 11.5. The molecule has 0 aromatic heterocycles. The molecule has 2 aromatic rings. The Morgan fingerprint density at radius 1 is 1.00 bits per heavy atom. The number of nitrogens with two attached hydrogens (primary N) is 1. The van der Waals surface area contributed by atoms with Crippen molar-refractivity contribution in [2.75, 3.05) is 6.54 Å². The van der Waals surface area contributed by atoms with Crippen LogP contribution >= 0.6 is 23.4 Å². The topological polar surface area (TPSA) is 89.3 Å². The van der Waals surface area contributed by atoms with E-state index >= 15 is 0 Å². The Bertz CT molecular complexity index is 780. The molecule has 0 saturated carbocycles. The fraction of sp³-hybridized carbons (Fsp3) is 0.118. The molecule has 0 spiro atoms. The van der Waals surface area contributed by atoms with Crippen molar-refractivity contribution in [3.8, 4) is 0 Å². The van der Waals surface area contributed by atoms with Crippen molar-refractivity contribution in [3.63, 3.8) is 0 Å². The van der Waals surface area contributed by atoms with Crippen LogP contribution in [0.2, 0.25) is 5.02 Å². The number of nitrogens with one attached hydrogen (secondary N) is 1. The van der Waals surface area contributed by atoms with Crippen molar-refractivity contribution in [1.82, 2.24) is 5.32 Å². The molecular formula is C17H15ClN2O3S. The summed E-state index contributed by atoms with van der Waals surface area (Å²) in [6.45, 7) is 0.144. The van der Waals surface area contributed by atoms with Gasteiger partial charge in [0.15, 0.2) is 0 Å². The van der Waals surface area contributed by atoms with Crippen LogP contribution in [0.25, 0.3) is 0 Å². The molecule has 0 aliphatic heterocycles. The van der Waals surface area contributed by atoms with Gasteiger partial charge in [-0.25, -0.2) is 0 Å². The molecule has 0 fully saturated rings. The third-order valence-corrected chi connectivity index (χ3v) is 4.40. The first-order valence-electron chi connectivity index (χ1n) is 7.11. The summed E-state index contributed by atoms with van der Waals surface area (Å²) in [5, 5.41) is 2.71. The summed E-state index contributed by atoms with van der Waals surface area (Å²) in [4.78, 5) is 35.9. The first kappa shape index (κ1) is 18.0. The van der Waals surface area contributed by atoms with Crippen LogP contribution in [-0.2, 0) is 4.79 Å². The Balaban J connectivity index is 2.14. The fourth-order valence-electron chi connectivity index (χ4n) is 1.92. The van der Waals surface area contributed by atoms with Gasteiger partial charge in [-0.15, -0.1) is 0 Å². The zero-order valence-corrected chi connectivity index (χ0v) is 14.2. The number of benzene rings is 2. The molecule has 0 radical (unpaired) electrons. The average Bonchev–Trinajstić information content (AvgIpc) is 2.55. The number of hydrogen-bond acceptors (Lipinski definition) is 4. The molecule has 0 unspecified atom stereocenters. The minimum Gasteiger partial charge on any atom is -0.370 e. The molecule has 0 aliphatic carbocycles. The summed E-state index contributed by atoms with van der Waals surface area (Å²) < 4.78 is 0. The van der Waals surface area contributed by atoms with E-state index in [-0.39, 0.29) is 24.0 Å². The normalized spacial score (nSPS) is 10.2. The van der Waals surface area contributed by atoms with Gasteiger partial charge < -0.3 is 11.1 Å². The predicted molar refractivity (Wildman–Crippen MR) is 94.2 cm³/mol. The van der Waals surface area contributed by atoms with Crippen molar-refractivity contribution in [2.24, 2.45) is 5.73 Å². The van der Waals surface area contributed by atoms with Crippen LogP contribution in [0.1, 0.15) is 27.1 Å². The minimum absolute atomic E-state index is 0.0552. The van der Waals surface area contributed by atoms with Crippen LogP contribution < -0.4 is 11.1 Å². The van der Waals surface area contributed by atoms with Crippen LogP contribution in [0, 0.1) is 0 Å². The quantitative estimate of drug-likeness (QED) is 0.773. The molecule has 0 bridgehead atoms. The second-order valence-corrected chi connectivity index (χ2v) is 6.26. The van der Waals surface area contributed by atoms with Crippen LogP contribution in [0.5, 0.6) is 0 Å². The number of carbonyl (C=O) groups excluding carboxylic acids is 3. The second-order valence-electron chi connectivity index (χ2n) is 4.84. The van der Waals surface area contributed by atoms with Gasteiger partial charge in [0.1, 0.15) is 0 Å². The molecule has 2 aromatic carbocycles. The van der Waals surface area contributed by atoms with E-state index in [0.29, 0.717) is 21.0 Å². The van der Waals surface area contributed by atoms with Gasteiger partial charge in [0, 0.05) is 23.4 Å². The van der Waals surface area contributed by atoms with Gasteiger partial charge in [-0.05, 0) is 36.0 Å². The van der Waals surface area contributed by atoms with Crippen molar-refractivity contribution in [2.45, 2.75) is 11.3 Å². The third-order valence-electron chi connectivity index (χ3n) is 3.09. The molecule has 124 valence electrons. The first-order valence-corrected chi connectivity index (χ1v) is 8.30. The van der Waals surface area contributed by atoms with E-state index in [1.54, 1.807) is 48.5 Å². The monoisotopic (exact) mass is 362 g/mol. The molecule has 0 aliphatic rings. The summed E-state index contributed by atoms with van der Waals surface area (Å²) in [5.41, 5.74) is 5.78. The largest absolute Gasteiger partial charge is 0.370 e. The minimum atomic E-state index is -0.494. The highest BCUT2D eigenvalue weighted by molar-refractivity contribution is 8.14. The van der Waals surface area contributed by atoms with Gasteiger partial charge >= 0.3 is 0 Å². The standard InChI is InChI=1S/C17H15ClN2O3S/c18-13-7-3-1-5-11(13)17(23)24-14-8-4-2-6-12(14)16(22)20-10-9-15(19)21/h1-8H,9-10H2,(H2,19,21)(H,20,22). The fourth-order valence-corrected chi connectivity index (χ4v) is 3.10. The van der Waals surface area contributed by atoms with Gasteiger partial charge in [-0.2, -0.15) is 0 Å². The van der Waals surface area contributed by atoms with Gasteiger partial charge in [0.05, 0.1) is 10.6 Å². The molecule has 0 heterocycles. The van der Waals surface area contributed by atoms with Crippen LogP contribution in [0.3, 0.4) is 0 Å². The van der Waals surface area contributed by atoms with Crippen molar-refractivity contribution >= 4 is 40.3 Å². The van der Waals surface area contributed by atoms with Crippen LogP contribution in [-0.4, -0.2) is 23.5 Å². The highest BCUT2D eigenvalue weighted by atomic mass is 35.5. The lowest BCUT2D eigenvalue weighted by Gasteiger charge is -2.09. The number of halogens is 1. The molecule has 0 atom stereocenters. The smallest absolute Gasteiger partial charge is 0.252 e. The van der Waals surface area contributed by atoms with E-state index in [1.807, 2.05) is 0 Å². The summed E-state index contributed by atoms with van der Waals surface area (Å²) in [6.07, 6.45) is 0.0552.